The summed E-state index contributed by atoms with van der Waals surface area (Å²) in [7, 11) is 0. The minimum atomic E-state index is -0.592. The van der Waals surface area contributed by atoms with E-state index >= 15 is 0 Å². The van der Waals surface area contributed by atoms with Crippen molar-refractivity contribution in [2.75, 3.05) is 0 Å². The first-order valence-corrected chi connectivity index (χ1v) is 28.8. The summed E-state index contributed by atoms with van der Waals surface area (Å²) in [4.78, 5) is 0. The van der Waals surface area contributed by atoms with Crippen LogP contribution in [-0.4, -0.2) is 4.57 Å². The number of hydrogen-bond acceptors (Lipinski definition) is 1. The zero-order chi connectivity index (χ0) is 53.9. The Morgan fingerprint density at radius 1 is 0.232 bits per heavy atom. The minimum absolute atomic E-state index is 0.473. The first-order chi connectivity index (χ1) is 40.5. The molecule has 0 radical (unpaired) electrons. The molecule has 0 aliphatic heterocycles. The Labute approximate surface area is 472 Å². The summed E-state index contributed by atoms with van der Waals surface area (Å²) in [6.07, 6.45) is 0. The number of hydrogen-bond donors (Lipinski definition) is 0. The summed E-state index contributed by atoms with van der Waals surface area (Å²) in [6, 6.07) is 92.0. The van der Waals surface area contributed by atoms with Gasteiger partial charge in [-0.15, -0.1) is 11.3 Å². The minimum Gasteiger partial charge on any atom is -0.309 e. The lowest BCUT2D eigenvalue weighted by molar-refractivity contribution is 0.582. The summed E-state index contributed by atoms with van der Waals surface area (Å²) < 4.78 is 33.5. The van der Waals surface area contributed by atoms with Gasteiger partial charge in [-0.25, -0.2) is 8.78 Å². The molecule has 380 valence electrons. The van der Waals surface area contributed by atoms with E-state index < -0.39 is 11.6 Å². The molecule has 0 unspecified atom stereocenters. The number of aromatic nitrogens is 1. The van der Waals surface area contributed by atoms with E-state index in [-0.39, 0.29) is 0 Å². The van der Waals surface area contributed by atoms with Gasteiger partial charge in [0.05, 0.1) is 16.7 Å². The van der Waals surface area contributed by atoms with Crippen LogP contribution in [0.5, 0.6) is 0 Å². The fraction of sp³-hybridized carbons (Fsp3) is 0. The van der Waals surface area contributed by atoms with Crippen LogP contribution in [-0.2, 0) is 0 Å². The first-order valence-electron chi connectivity index (χ1n) is 27.9. The molecule has 0 amide bonds. The van der Waals surface area contributed by atoms with Crippen molar-refractivity contribution in [2.45, 2.75) is 0 Å². The Hall–Kier alpha value is -10.3. The van der Waals surface area contributed by atoms with E-state index in [1.165, 1.54) is 157 Å². The topological polar surface area (TPSA) is 4.93 Å². The first kappa shape index (κ1) is 45.6. The molecule has 4 heteroatoms. The average molecular weight is 1060 g/mol. The van der Waals surface area contributed by atoms with Crippen LogP contribution in [0, 0.1) is 11.6 Å². The lowest BCUT2D eigenvalue weighted by Gasteiger charge is -2.23. The highest BCUT2D eigenvalue weighted by molar-refractivity contribution is 7.26. The Morgan fingerprint density at radius 2 is 0.659 bits per heavy atom. The molecule has 0 saturated heterocycles. The second kappa shape index (κ2) is 17.1. The SMILES string of the molecule is Fc1cc(F)cc(-n2c3ccccc3c3cc4c(cc32)c2cccc3c5ccccc5c5cccc4c5c32)c1.c1ccc(-c2cc(-c3ccccc3)c3c4ccccc4c4c5c(cc6c7ccccc7c2c3c64)sc2ccccc25)cc1. The van der Waals surface area contributed by atoms with E-state index in [4.69, 9.17) is 0 Å². The maximum Gasteiger partial charge on any atom is 0.128 e. The number of thiophene rings is 1. The van der Waals surface area contributed by atoms with Gasteiger partial charge in [-0.05, 0) is 173 Å². The van der Waals surface area contributed by atoms with Crippen molar-refractivity contribution < 1.29 is 8.78 Å². The lowest BCUT2D eigenvalue weighted by Crippen LogP contribution is -1.96. The smallest absolute Gasteiger partial charge is 0.128 e. The van der Waals surface area contributed by atoms with Gasteiger partial charge in [-0.3, -0.25) is 0 Å². The molecule has 2 heterocycles. The summed E-state index contributed by atoms with van der Waals surface area (Å²) in [5, 5.41) is 30.5. The van der Waals surface area contributed by atoms with Gasteiger partial charge in [0.25, 0.3) is 0 Å². The number of halogens is 2. The molecule has 19 rings (SSSR count). The van der Waals surface area contributed by atoms with Crippen LogP contribution in [0.1, 0.15) is 0 Å². The van der Waals surface area contributed by atoms with Gasteiger partial charge in [-0.2, -0.15) is 0 Å². The molecule has 19 aromatic rings. The van der Waals surface area contributed by atoms with Gasteiger partial charge in [0, 0.05) is 42.4 Å². The zero-order valence-electron chi connectivity index (χ0n) is 43.9. The third kappa shape index (κ3) is 6.30. The molecular weight excluding hydrogens is 1020 g/mol. The number of fused-ring (bicyclic) bond motifs is 19. The molecule has 0 bridgehead atoms. The molecule has 0 saturated carbocycles. The van der Waals surface area contributed by atoms with Crippen molar-refractivity contribution in [3.63, 3.8) is 0 Å². The second-order valence-corrected chi connectivity index (χ2v) is 23.0. The summed E-state index contributed by atoms with van der Waals surface area (Å²) in [5.41, 5.74) is 7.39. The van der Waals surface area contributed by atoms with E-state index in [1.54, 1.807) is 0 Å². The van der Waals surface area contributed by atoms with Crippen LogP contribution in [0.3, 0.4) is 0 Å². The van der Waals surface area contributed by atoms with E-state index in [9.17, 15) is 8.78 Å². The van der Waals surface area contributed by atoms with Gasteiger partial charge in [0.15, 0.2) is 0 Å². The maximum atomic E-state index is 14.4. The van der Waals surface area contributed by atoms with Crippen molar-refractivity contribution in [1.82, 2.24) is 4.57 Å². The third-order valence-electron chi connectivity index (χ3n) is 17.8. The Bertz CT molecular complexity index is 5820. The fourth-order valence-corrected chi connectivity index (χ4v) is 15.7. The number of rotatable bonds is 3. The number of nitrogens with zero attached hydrogens (tertiary/aromatic N) is 1. The van der Waals surface area contributed by atoms with Gasteiger partial charge in [-0.1, -0.05) is 206 Å². The van der Waals surface area contributed by atoms with E-state index in [2.05, 4.69) is 224 Å². The van der Waals surface area contributed by atoms with Gasteiger partial charge in [0.2, 0.25) is 0 Å². The fourth-order valence-electron chi connectivity index (χ4n) is 14.6. The lowest BCUT2D eigenvalue weighted by atomic mass is 9.79. The van der Waals surface area contributed by atoms with Crippen molar-refractivity contribution >= 4 is 161 Å². The molecule has 1 nitrogen and oxygen atoms in total. The molecule has 0 N–H and O–H groups in total. The summed E-state index contributed by atoms with van der Waals surface area (Å²) in [6.45, 7) is 0. The van der Waals surface area contributed by atoms with Crippen molar-refractivity contribution in [1.29, 1.82) is 0 Å². The average Bonchev–Trinajstić information content (AvgIpc) is 1.54. The highest BCUT2D eigenvalue weighted by Gasteiger charge is 2.26. The Balaban J connectivity index is 0.000000126. The van der Waals surface area contributed by atoms with Crippen LogP contribution < -0.4 is 0 Å². The van der Waals surface area contributed by atoms with Crippen LogP contribution in [0.4, 0.5) is 8.78 Å². The maximum absolute atomic E-state index is 14.4. The highest BCUT2D eigenvalue weighted by atomic mass is 32.1. The molecule has 0 aliphatic rings. The third-order valence-corrected chi connectivity index (χ3v) is 18.9. The Morgan fingerprint density at radius 3 is 1.26 bits per heavy atom. The van der Waals surface area contributed by atoms with Crippen molar-refractivity contribution in [3.05, 3.63) is 272 Å². The van der Waals surface area contributed by atoms with Crippen LogP contribution in [0.15, 0.2) is 261 Å². The van der Waals surface area contributed by atoms with Crippen molar-refractivity contribution in [3.8, 4) is 27.9 Å². The van der Waals surface area contributed by atoms with Crippen molar-refractivity contribution in [2.24, 2.45) is 0 Å². The highest BCUT2D eigenvalue weighted by Crippen LogP contribution is 2.55. The normalized spacial score (nSPS) is 12.3. The van der Waals surface area contributed by atoms with Gasteiger partial charge in [0.1, 0.15) is 11.6 Å². The standard InChI is InChI=1S/C42H24S.C36H19F2N/c1-3-13-25(14-4-1)32-23-33(26-15-5-2-6-16-26)38-29-19-9-10-20-30(29)40-39-31-21-11-12-22-35(31)43-36(39)24-34-27-17-7-8-18-28(27)37(32)42(38)41(34)40;37-20-15-21(38)17-22(16-20)39-33-14-4-3-9-25(33)32-18-30-28-12-5-10-26-23-7-1-2-8-24(23)27-11-6-13-29(36(27)35(26)28)31(30)19-34(32)39/h1-24H;1-19H. The van der Waals surface area contributed by atoms with Crippen LogP contribution in [0.2, 0.25) is 0 Å². The molecule has 0 atom stereocenters. The molecule has 2 aromatic heterocycles. The molecule has 0 aliphatic carbocycles. The molecule has 0 spiro atoms. The van der Waals surface area contributed by atoms with Gasteiger partial charge >= 0.3 is 0 Å². The molecule has 17 aromatic carbocycles. The van der Waals surface area contributed by atoms with E-state index in [0.29, 0.717) is 5.69 Å². The van der Waals surface area contributed by atoms with Gasteiger partial charge < -0.3 is 4.57 Å². The van der Waals surface area contributed by atoms with Crippen LogP contribution in [0.25, 0.3) is 178 Å². The summed E-state index contributed by atoms with van der Waals surface area (Å²) in [5.74, 6) is -1.18. The predicted molar refractivity (Wildman–Crippen MR) is 348 cm³/mol. The molecule has 82 heavy (non-hydrogen) atoms. The number of benzene rings is 17. The predicted octanol–water partition coefficient (Wildman–Crippen LogP) is 22.9. The summed E-state index contributed by atoms with van der Waals surface area (Å²) >= 11 is 1.92. The largest absolute Gasteiger partial charge is 0.309 e. The quantitative estimate of drug-likeness (QED) is 0.123. The van der Waals surface area contributed by atoms with E-state index in [1.807, 2.05) is 34.1 Å². The second-order valence-electron chi connectivity index (χ2n) is 22.0. The zero-order valence-corrected chi connectivity index (χ0v) is 44.8. The number of para-hydroxylation sites is 1. The monoisotopic (exact) mass is 1060 g/mol. The molecular formula is C78H43F2NS. The van der Waals surface area contributed by atoms with E-state index in [0.717, 1.165) is 33.3 Å². The van der Waals surface area contributed by atoms with Crippen LogP contribution >= 0.6 is 11.3 Å². The molecule has 0 fully saturated rings. The Kier molecular flexibility index (Phi) is 9.52.